The van der Waals surface area contributed by atoms with E-state index in [1.165, 1.54) is 119 Å². The van der Waals surface area contributed by atoms with Gasteiger partial charge in [-0.2, -0.15) is 0 Å². The molecule has 0 unspecified atom stereocenters. The van der Waals surface area contributed by atoms with Crippen LogP contribution in [0.5, 0.6) is 0 Å². The molecule has 2 heteroatoms. The van der Waals surface area contributed by atoms with Crippen molar-refractivity contribution in [2.75, 3.05) is 6.61 Å². The van der Waals surface area contributed by atoms with Gasteiger partial charge in [0.2, 0.25) is 0 Å². The summed E-state index contributed by atoms with van der Waals surface area (Å²) in [4.78, 5) is 13.5. The largest absolute Gasteiger partial charge is 0.465 e. The lowest BCUT2D eigenvalue weighted by molar-refractivity contribution is -0.164. The molecule has 0 saturated heterocycles. The Kier molecular flexibility index (Phi) is 14.1. The first-order valence-corrected chi connectivity index (χ1v) is 17.6. The van der Waals surface area contributed by atoms with E-state index in [-0.39, 0.29) is 16.8 Å². The van der Waals surface area contributed by atoms with E-state index in [1.54, 1.807) is 0 Å². The highest BCUT2D eigenvalue weighted by Gasteiger charge is 2.55. The van der Waals surface area contributed by atoms with E-state index in [1.807, 2.05) is 0 Å². The molecule has 3 atom stereocenters. The van der Waals surface area contributed by atoms with Crippen LogP contribution in [0.15, 0.2) is 18.2 Å². The molecule has 0 aromatic heterocycles. The molecule has 0 amide bonds. The molecule has 0 bridgehead atoms. The molecule has 1 aromatic carbocycles. The van der Waals surface area contributed by atoms with Crippen molar-refractivity contribution in [3.8, 4) is 0 Å². The van der Waals surface area contributed by atoms with E-state index in [0.717, 1.165) is 32.1 Å². The molecular weight excluding hydrogens is 488 g/mol. The third kappa shape index (κ3) is 9.09. The zero-order chi connectivity index (χ0) is 28.8. The summed E-state index contributed by atoms with van der Waals surface area (Å²) >= 11 is 0. The topological polar surface area (TPSA) is 26.3 Å². The van der Waals surface area contributed by atoms with Gasteiger partial charge in [0.15, 0.2) is 0 Å². The van der Waals surface area contributed by atoms with Gasteiger partial charge in [0.25, 0.3) is 0 Å². The van der Waals surface area contributed by atoms with Gasteiger partial charge in [-0.25, -0.2) is 0 Å². The molecule has 1 fully saturated rings. The molecule has 2 aliphatic rings. The number of esters is 1. The lowest BCUT2D eigenvalue weighted by Crippen LogP contribution is -2.52. The second-order valence-electron chi connectivity index (χ2n) is 14.3. The van der Waals surface area contributed by atoms with Crippen molar-refractivity contribution in [1.82, 2.24) is 0 Å². The Morgan fingerprint density at radius 3 is 1.93 bits per heavy atom. The molecule has 0 spiro atoms. The van der Waals surface area contributed by atoms with Crippen LogP contribution in [0.2, 0.25) is 0 Å². The molecule has 2 nitrogen and oxygen atoms in total. The molecule has 1 saturated carbocycles. The quantitative estimate of drug-likeness (QED) is 0.126. The molecular formula is C38H64O2. The molecule has 0 N–H and O–H groups in total. The number of benzene rings is 1. The van der Waals surface area contributed by atoms with Crippen LogP contribution < -0.4 is 0 Å². The van der Waals surface area contributed by atoms with E-state index >= 15 is 0 Å². The number of carbonyl (C=O) groups excluding carboxylic acids is 1. The number of ether oxygens (including phenoxy) is 1. The minimum atomic E-state index is -0.351. The van der Waals surface area contributed by atoms with Crippen molar-refractivity contribution in [2.45, 2.75) is 181 Å². The predicted molar refractivity (Wildman–Crippen MR) is 172 cm³/mol. The summed E-state index contributed by atoms with van der Waals surface area (Å²) in [6.45, 7) is 12.1. The summed E-state index contributed by atoms with van der Waals surface area (Å²) in [5, 5.41) is 0. The Morgan fingerprint density at radius 1 is 0.825 bits per heavy atom. The van der Waals surface area contributed by atoms with Crippen LogP contribution in [-0.2, 0) is 21.4 Å². The van der Waals surface area contributed by atoms with Gasteiger partial charge >= 0.3 is 5.97 Å². The summed E-state index contributed by atoms with van der Waals surface area (Å²) in [6.07, 6.45) is 27.3. The second-order valence-corrected chi connectivity index (χ2v) is 14.3. The van der Waals surface area contributed by atoms with E-state index < -0.39 is 0 Å². The Balaban J connectivity index is 1.28. The molecule has 3 rings (SSSR count). The van der Waals surface area contributed by atoms with Crippen LogP contribution in [0.1, 0.15) is 186 Å². The van der Waals surface area contributed by atoms with Crippen molar-refractivity contribution >= 4 is 5.97 Å². The van der Waals surface area contributed by atoms with Gasteiger partial charge in [-0.3, -0.25) is 4.79 Å². The van der Waals surface area contributed by atoms with E-state index in [0.29, 0.717) is 18.4 Å². The monoisotopic (exact) mass is 552 g/mol. The molecule has 40 heavy (non-hydrogen) atoms. The molecule has 0 radical (unpaired) electrons. The number of rotatable bonds is 19. The van der Waals surface area contributed by atoms with Gasteiger partial charge in [-0.05, 0) is 73.0 Å². The SMILES string of the molecule is CCCCCCCCCCCCCCCCCCOC(=O)[C@@]1(C)CCC[C@]2(C)c3ccc(C(C)C)cc3CC[C@@H]12. The Labute approximate surface area is 248 Å². The maximum absolute atomic E-state index is 13.5. The number of unbranched alkanes of at least 4 members (excludes halogenated alkanes) is 15. The summed E-state index contributed by atoms with van der Waals surface area (Å²) in [5.74, 6) is 1.02. The molecule has 228 valence electrons. The Hall–Kier alpha value is -1.31. The van der Waals surface area contributed by atoms with Crippen molar-refractivity contribution < 1.29 is 9.53 Å². The van der Waals surface area contributed by atoms with Crippen LogP contribution >= 0.6 is 0 Å². The second kappa shape index (κ2) is 17.0. The number of fused-ring (bicyclic) bond motifs is 3. The highest BCUT2D eigenvalue weighted by molar-refractivity contribution is 5.77. The fourth-order valence-corrected chi connectivity index (χ4v) is 8.09. The summed E-state index contributed by atoms with van der Waals surface area (Å²) in [7, 11) is 0. The highest BCUT2D eigenvalue weighted by atomic mass is 16.5. The molecule has 1 aromatic rings. The molecule has 0 heterocycles. The van der Waals surface area contributed by atoms with Crippen LogP contribution in [0.25, 0.3) is 0 Å². The van der Waals surface area contributed by atoms with Crippen LogP contribution in [-0.4, -0.2) is 12.6 Å². The lowest BCUT2D eigenvalue weighted by atomic mass is 9.49. The minimum Gasteiger partial charge on any atom is -0.465 e. The number of hydrogen-bond donors (Lipinski definition) is 0. The van der Waals surface area contributed by atoms with Gasteiger partial charge in [-0.15, -0.1) is 0 Å². The number of hydrogen-bond acceptors (Lipinski definition) is 2. The van der Waals surface area contributed by atoms with Crippen LogP contribution in [0.4, 0.5) is 0 Å². The van der Waals surface area contributed by atoms with Gasteiger partial charge in [0.05, 0.1) is 12.0 Å². The standard InChI is InChI=1S/C38H64O2/c1-6-7-8-9-10-11-12-13-14-15-16-17-18-19-20-21-29-40-36(39)38(5)28-22-27-37(4)34-25-23-32(31(2)3)30-33(34)24-26-35(37)38/h23,25,30-31,35H,6-22,24,26-29H2,1-5H3/t35-,37-,38+/m1/s1. The fourth-order valence-electron chi connectivity index (χ4n) is 8.09. The zero-order valence-corrected chi connectivity index (χ0v) is 27.3. The number of aryl methyl sites for hydroxylation is 1. The molecule has 0 aliphatic heterocycles. The minimum absolute atomic E-state index is 0.0756. The average Bonchev–Trinajstić information content (AvgIpc) is 2.94. The first kappa shape index (κ1) is 33.2. The predicted octanol–water partition coefficient (Wildman–Crippen LogP) is 11.6. The number of carbonyl (C=O) groups is 1. The average molecular weight is 553 g/mol. The van der Waals surface area contributed by atoms with E-state index in [4.69, 9.17) is 4.74 Å². The van der Waals surface area contributed by atoms with Crippen molar-refractivity contribution in [3.63, 3.8) is 0 Å². The van der Waals surface area contributed by atoms with Crippen molar-refractivity contribution in [2.24, 2.45) is 11.3 Å². The van der Waals surface area contributed by atoms with E-state index in [9.17, 15) is 4.79 Å². The first-order chi connectivity index (χ1) is 19.3. The third-order valence-electron chi connectivity index (χ3n) is 10.7. The molecule has 2 aliphatic carbocycles. The van der Waals surface area contributed by atoms with Gasteiger partial charge in [0, 0.05) is 0 Å². The zero-order valence-electron chi connectivity index (χ0n) is 27.3. The van der Waals surface area contributed by atoms with E-state index in [2.05, 4.69) is 52.8 Å². The van der Waals surface area contributed by atoms with Crippen molar-refractivity contribution in [1.29, 1.82) is 0 Å². The summed E-state index contributed by atoms with van der Waals surface area (Å²) < 4.78 is 6.00. The van der Waals surface area contributed by atoms with Crippen LogP contribution in [0, 0.1) is 11.3 Å². The maximum atomic E-state index is 13.5. The summed E-state index contributed by atoms with van der Waals surface area (Å²) in [6, 6.07) is 7.17. The summed E-state index contributed by atoms with van der Waals surface area (Å²) in [5.41, 5.74) is 4.21. The lowest BCUT2D eigenvalue weighted by Gasteiger charge is -2.54. The van der Waals surface area contributed by atoms with Gasteiger partial charge in [-0.1, -0.05) is 149 Å². The van der Waals surface area contributed by atoms with Crippen molar-refractivity contribution in [3.05, 3.63) is 34.9 Å². The smallest absolute Gasteiger partial charge is 0.312 e. The van der Waals surface area contributed by atoms with Gasteiger partial charge in [0.1, 0.15) is 0 Å². The fraction of sp³-hybridized carbons (Fsp3) is 0.816. The maximum Gasteiger partial charge on any atom is 0.312 e. The van der Waals surface area contributed by atoms with Gasteiger partial charge < -0.3 is 4.74 Å². The first-order valence-electron chi connectivity index (χ1n) is 17.6. The Bertz CT molecular complexity index is 872. The Morgan fingerprint density at radius 2 is 1.38 bits per heavy atom. The highest BCUT2D eigenvalue weighted by Crippen LogP contribution is 2.57. The van der Waals surface area contributed by atoms with Crippen LogP contribution in [0.3, 0.4) is 0 Å². The third-order valence-corrected chi connectivity index (χ3v) is 10.7. The normalized spacial score (nSPS) is 24.1.